The van der Waals surface area contributed by atoms with Crippen LogP contribution in [0.2, 0.25) is 0 Å². The van der Waals surface area contributed by atoms with E-state index in [4.69, 9.17) is 4.74 Å². The second-order valence-electron chi connectivity index (χ2n) is 5.88. The zero-order chi connectivity index (χ0) is 14.8. The van der Waals surface area contributed by atoms with Crippen LogP contribution in [0.15, 0.2) is 18.2 Å². The number of hydrogen-bond acceptors (Lipinski definition) is 3. The van der Waals surface area contributed by atoms with Crippen molar-refractivity contribution in [3.05, 3.63) is 29.5 Å². The molecule has 4 heteroatoms. The molecule has 0 unspecified atom stereocenters. The summed E-state index contributed by atoms with van der Waals surface area (Å²) >= 11 is 0. The molecule has 0 radical (unpaired) electrons. The molecule has 0 aliphatic carbocycles. The average molecular weight is 288 g/mol. The number of aromatic nitrogens is 1. The van der Waals surface area contributed by atoms with E-state index in [0.717, 1.165) is 37.2 Å². The second-order valence-corrected chi connectivity index (χ2v) is 5.88. The van der Waals surface area contributed by atoms with E-state index in [0.29, 0.717) is 6.04 Å². The van der Waals surface area contributed by atoms with Crippen molar-refractivity contribution in [2.45, 2.75) is 32.2 Å². The van der Waals surface area contributed by atoms with Crippen LogP contribution in [-0.2, 0) is 6.42 Å². The molecule has 1 aromatic heterocycles. The fourth-order valence-electron chi connectivity index (χ4n) is 3.55. The van der Waals surface area contributed by atoms with Gasteiger partial charge in [0.25, 0.3) is 0 Å². The lowest BCUT2D eigenvalue weighted by molar-refractivity contribution is 0.160. The number of likely N-dealkylation sites (tertiary alicyclic amines) is 1. The summed E-state index contributed by atoms with van der Waals surface area (Å²) in [4.78, 5) is 5.86. The maximum absolute atomic E-state index is 9.43. The van der Waals surface area contributed by atoms with Gasteiger partial charge in [0, 0.05) is 29.2 Å². The molecule has 2 heterocycles. The van der Waals surface area contributed by atoms with E-state index < -0.39 is 0 Å². The van der Waals surface area contributed by atoms with Gasteiger partial charge in [0.15, 0.2) is 0 Å². The third kappa shape index (κ3) is 2.65. The molecule has 1 aromatic carbocycles. The third-order valence-corrected chi connectivity index (χ3v) is 4.68. The van der Waals surface area contributed by atoms with Crippen molar-refractivity contribution in [1.29, 1.82) is 0 Å². The van der Waals surface area contributed by atoms with Gasteiger partial charge in [0.1, 0.15) is 5.75 Å². The number of aliphatic hydroxyl groups is 1. The van der Waals surface area contributed by atoms with Gasteiger partial charge in [-0.3, -0.25) is 4.90 Å². The predicted molar refractivity (Wildman–Crippen MR) is 85.0 cm³/mol. The van der Waals surface area contributed by atoms with Crippen molar-refractivity contribution < 1.29 is 9.84 Å². The number of aryl methyl sites for hydroxylation is 1. The van der Waals surface area contributed by atoms with E-state index >= 15 is 0 Å². The van der Waals surface area contributed by atoms with Gasteiger partial charge < -0.3 is 14.8 Å². The van der Waals surface area contributed by atoms with Crippen LogP contribution >= 0.6 is 0 Å². The van der Waals surface area contributed by atoms with Crippen LogP contribution < -0.4 is 4.74 Å². The lowest BCUT2D eigenvalue weighted by atomic mass is 10.1. The first-order chi connectivity index (χ1) is 10.2. The zero-order valence-corrected chi connectivity index (χ0v) is 12.9. The first-order valence-corrected chi connectivity index (χ1v) is 7.73. The predicted octanol–water partition coefficient (Wildman–Crippen LogP) is 2.48. The first-order valence-electron chi connectivity index (χ1n) is 7.73. The van der Waals surface area contributed by atoms with Gasteiger partial charge in [0.05, 0.1) is 13.7 Å². The van der Waals surface area contributed by atoms with Gasteiger partial charge in [-0.15, -0.1) is 0 Å². The van der Waals surface area contributed by atoms with E-state index in [-0.39, 0.29) is 6.61 Å². The summed E-state index contributed by atoms with van der Waals surface area (Å²) < 4.78 is 5.52. The van der Waals surface area contributed by atoms with Crippen LogP contribution in [0.25, 0.3) is 10.9 Å². The van der Waals surface area contributed by atoms with Crippen molar-refractivity contribution in [2.75, 3.05) is 26.8 Å². The number of aliphatic hydroxyl groups excluding tert-OH is 1. The Hall–Kier alpha value is -1.52. The summed E-state index contributed by atoms with van der Waals surface area (Å²) in [6.07, 6.45) is 3.30. The lowest BCUT2D eigenvalue weighted by Gasteiger charge is -2.22. The third-order valence-electron chi connectivity index (χ3n) is 4.68. The first kappa shape index (κ1) is 14.4. The normalized spacial score (nSPS) is 19.5. The number of methoxy groups -OCH3 is 1. The number of nitrogens with one attached hydrogen (secondary N) is 1. The molecule has 0 spiro atoms. The van der Waals surface area contributed by atoms with Crippen LogP contribution in [0.5, 0.6) is 5.75 Å². The largest absolute Gasteiger partial charge is 0.496 e. The van der Waals surface area contributed by atoms with Crippen molar-refractivity contribution in [2.24, 2.45) is 0 Å². The summed E-state index contributed by atoms with van der Waals surface area (Å²) in [6.45, 7) is 4.50. The fraction of sp³-hybridized carbons (Fsp3) is 0.529. The summed E-state index contributed by atoms with van der Waals surface area (Å²) in [5, 5.41) is 10.6. The van der Waals surface area contributed by atoms with Gasteiger partial charge in [-0.2, -0.15) is 0 Å². The Morgan fingerprint density at radius 1 is 1.43 bits per heavy atom. The zero-order valence-electron chi connectivity index (χ0n) is 12.9. The highest BCUT2D eigenvalue weighted by Gasteiger charge is 2.24. The maximum atomic E-state index is 9.43. The molecule has 1 fully saturated rings. The number of H-pyrrole nitrogens is 1. The van der Waals surface area contributed by atoms with Crippen LogP contribution in [0.4, 0.5) is 0 Å². The highest BCUT2D eigenvalue weighted by atomic mass is 16.5. The topological polar surface area (TPSA) is 48.5 Å². The molecule has 3 rings (SSSR count). The summed E-state index contributed by atoms with van der Waals surface area (Å²) in [5.41, 5.74) is 3.70. The standard InChI is InChI=1S/C17H24N2O2/c1-12-14(8-10-19-9-4-5-13(19)11-20)17-15(18-12)6-3-7-16(17)21-2/h3,6-7,13,18,20H,4-5,8-11H2,1-2H3/t13-/m0/s1. The number of rotatable bonds is 5. The van der Waals surface area contributed by atoms with Crippen LogP contribution in [-0.4, -0.2) is 47.8 Å². The smallest absolute Gasteiger partial charge is 0.128 e. The molecule has 0 saturated carbocycles. The maximum Gasteiger partial charge on any atom is 0.128 e. The summed E-state index contributed by atoms with van der Waals surface area (Å²) in [5.74, 6) is 0.937. The minimum absolute atomic E-state index is 0.274. The molecule has 1 aliphatic heterocycles. The molecule has 1 atom stereocenters. The van der Waals surface area contributed by atoms with Gasteiger partial charge in [0.2, 0.25) is 0 Å². The second kappa shape index (κ2) is 6.08. The average Bonchev–Trinajstić information content (AvgIpc) is 3.07. The Morgan fingerprint density at radius 2 is 2.29 bits per heavy atom. The van der Waals surface area contributed by atoms with Gasteiger partial charge in [-0.25, -0.2) is 0 Å². The van der Waals surface area contributed by atoms with Crippen molar-refractivity contribution in [1.82, 2.24) is 9.88 Å². The SMILES string of the molecule is COc1cccc2[nH]c(C)c(CCN3CCC[C@H]3CO)c12. The molecule has 21 heavy (non-hydrogen) atoms. The number of hydrogen-bond donors (Lipinski definition) is 2. The van der Waals surface area contributed by atoms with E-state index in [1.165, 1.54) is 23.1 Å². The molecule has 2 N–H and O–H groups in total. The van der Waals surface area contributed by atoms with Crippen LogP contribution in [0.3, 0.4) is 0 Å². The molecule has 4 nitrogen and oxygen atoms in total. The van der Waals surface area contributed by atoms with E-state index in [9.17, 15) is 5.11 Å². The molecule has 1 saturated heterocycles. The number of fused-ring (bicyclic) bond motifs is 1. The monoisotopic (exact) mass is 288 g/mol. The molecular weight excluding hydrogens is 264 g/mol. The summed E-state index contributed by atoms with van der Waals surface area (Å²) in [6, 6.07) is 6.48. The van der Waals surface area contributed by atoms with Gasteiger partial charge >= 0.3 is 0 Å². The highest BCUT2D eigenvalue weighted by molar-refractivity contribution is 5.90. The minimum Gasteiger partial charge on any atom is -0.496 e. The van der Waals surface area contributed by atoms with E-state index in [2.05, 4.69) is 22.9 Å². The Balaban J connectivity index is 1.85. The Kier molecular flexibility index (Phi) is 4.17. The van der Waals surface area contributed by atoms with Crippen molar-refractivity contribution in [3.63, 3.8) is 0 Å². The number of benzene rings is 1. The Labute approximate surface area is 125 Å². The van der Waals surface area contributed by atoms with Crippen molar-refractivity contribution >= 4 is 10.9 Å². The summed E-state index contributed by atoms with van der Waals surface area (Å²) in [7, 11) is 1.73. The quantitative estimate of drug-likeness (QED) is 0.888. The van der Waals surface area contributed by atoms with Crippen molar-refractivity contribution in [3.8, 4) is 5.75 Å². The number of ether oxygens (including phenoxy) is 1. The minimum atomic E-state index is 0.274. The van der Waals surface area contributed by atoms with Gasteiger partial charge in [-0.1, -0.05) is 6.07 Å². The number of aromatic amines is 1. The Morgan fingerprint density at radius 3 is 3.05 bits per heavy atom. The molecule has 0 amide bonds. The molecule has 0 bridgehead atoms. The lowest BCUT2D eigenvalue weighted by Crippen LogP contribution is -2.33. The number of nitrogens with zero attached hydrogens (tertiary/aromatic N) is 1. The van der Waals surface area contributed by atoms with E-state index in [1.807, 2.05) is 12.1 Å². The Bertz CT molecular complexity index is 621. The van der Waals surface area contributed by atoms with Gasteiger partial charge in [-0.05, 0) is 50.4 Å². The molecule has 1 aliphatic rings. The fourth-order valence-corrected chi connectivity index (χ4v) is 3.55. The molecule has 114 valence electrons. The van der Waals surface area contributed by atoms with Crippen LogP contribution in [0, 0.1) is 6.92 Å². The van der Waals surface area contributed by atoms with E-state index in [1.54, 1.807) is 7.11 Å². The highest BCUT2D eigenvalue weighted by Crippen LogP contribution is 2.31. The van der Waals surface area contributed by atoms with Crippen LogP contribution in [0.1, 0.15) is 24.1 Å². The molecule has 2 aromatic rings. The molecular formula is C17H24N2O2.